The zero-order valence-corrected chi connectivity index (χ0v) is 12.2. The predicted octanol–water partition coefficient (Wildman–Crippen LogP) is 0.765. The van der Waals surface area contributed by atoms with Crippen molar-refractivity contribution in [1.82, 2.24) is 0 Å². The Morgan fingerprint density at radius 3 is 2.65 bits per heavy atom. The monoisotopic (exact) mass is 320 g/mol. The largest absolute Gasteiger partial charge is 0.465 e. The van der Waals surface area contributed by atoms with Gasteiger partial charge in [0.15, 0.2) is 5.75 Å². The number of hydrogen-bond donors (Lipinski definition) is 2. The van der Waals surface area contributed by atoms with E-state index in [-0.39, 0.29) is 22.8 Å². The van der Waals surface area contributed by atoms with E-state index in [1.807, 2.05) is 4.72 Å². The van der Waals surface area contributed by atoms with Crippen LogP contribution in [0.3, 0.4) is 0 Å². The van der Waals surface area contributed by atoms with Crippen LogP contribution >= 0.6 is 12.2 Å². The zero-order valence-electron chi connectivity index (χ0n) is 10.6. The number of benzene rings is 1. The summed E-state index contributed by atoms with van der Waals surface area (Å²) in [6, 6.07) is 3.55. The molecule has 0 aliphatic heterocycles. The molecule has 3 N–H and O–H groups in total. The molecule has 1 aromatic rings. The van der Waals surface area contributed by atoms with Crippen molar-refractivity contribution in [1.29, 1.82) is 0 Å². The van der Waals surface area contributed by atoms with Crippen LogP contribution in [0.5, 0.6) is 0 Å². The lowest BCUT2D eigenvalue weighted by Gasteiger charge is -2.09. The molecule has 0 bridgehead atoms. The molecule has 20 heavy (non-hydrogen) atoms. The summed E-state index contributed by atoms with van der Waals surface area (Å²) in [5, 5.41) is 0. The maximum absolute atomic E-state index is 13.7. The highest BCUT2D eigenvalue weighted by molar-refractivity contribution is 7.93. The molecule has 1 aromatic carbocycles. The zero-order chi connectivity index (χ0) is 15.3. The molecule has 0 saturated heterocycles. The number of hydrogen-bond acceptors (Lipinski definition) is 5. The number of anilines is 1. The first-order valence-corrected chi connectivity index (χ1v) is 7.56. The third kappa shape index (κ3) is 4.74. The average Bonchev–Trinajstić information content (AvgIpc) is 2.30. The second-order valence-electron chi connectivity index (χ2n) is 3.73. The first-order chi connectivity index (χ1) is 9.25. The first kappa shape index (κ1) is 16.3. The molecule has 0 unspecified atom stereocenters. The van der Waals surface area contributed by atoms with E-state index >= 15 is 0 Å². The van der Waals surface area contributed by atoms with Crippen molar-refractivity contribution >= 4 is 38.9 Å². The molecule has 0 aliphatic rings. The lowest BCUT2D eigenvalue weighted by atomic mass is 10.2. The molecule has 0 saturated carbocycles. The SMILES string of the molecule is CCOC(=O)CS(=O)(=O)Nc1ccc(C(N)=S)cc1F. The van der Waals surface area contributed by atoms with Gasteiger partial charge in [-0.25, -0.2) is 12.8 Å². The Labute approximate surface area is 121 Å². The maximum Gasteiger partial charge on any atom is 0.323 e. The van der Waals surface area contributed by atoms with Gasteiger partial charge in [-0.15, -0.1) is 0 Å². The Balaban J connectivity index is 2.87. The summed E-state index contributed by atoms with van der Waals surface area (Å²) in [7, 11) is -4.04. The van der Waals surface area contributed by atoms with E-state index in [0.29, 0.717) is 0 Å². The predicted molar refractivity (Wildman–Crippen MR) is 76.3 cm³/mol. The topological polar surface area (TPSA) is 98.5 Å². The molecule has 0 aromatic heterocycles. The maximum atomic E-state index is 13.7. The minimum Gasteiger partial charge on any atom is -0.465 e. The van der Waals surface area contributed by atoms with E-state index in [2.05, 4.69) is 17.0 Å². The molecule has 110 valence electrons. The van der Waals surface area contributed by atoms with Gasteiger partial charge in [0.05, 0.1) is 12.3 Å². The van der Waals surface area contributed by atoms with Gasteiger partial charge in [0.1, 0.15) is 10.8 Å². The molecule has 0 amide bonds. The summed E-state index contributed by atoms with van der Waals surface area (Å²) < 4.78 is 43.4. The van der Waals surface area contributed by atoms with Gasteiger partial charge < -0.3 is 10.5 Å². The van der Waals surface area contributed by atoms with E-state index < -0.39 is 27.6 Å². The van der Waals surface area contributed by atoms with Crippen LogP contribution < -0.4 is 10.5 Å². The average molecular weight is 320 g/mol. The van der Waals surface area contributed by atoms with Crippen LogP contribution in [0.4, 0.5) is 10.1 Å². The highest BCUT2D eigenvalue weighted by Gasteiger charge is 2.19. The van der Waals surface area contributed by atoms with Crippen molar-refractivity contribution in [3.63, 3.8) is 0 Å². The summed E-state index contributed by atoms with van der Waals surface area (Å²) in [4.78, 5) is 11.1. The van der Waals surface area contributed by atoms with E-state index in [4.69, 9.17) is 5.73 Å². The van der Waals surface area contributed by atoms with Gasteiger partial charge in [-0.2, -0.15) is 0 Å². The van der Waals surface area contributed by atoms with Crippen LogP contribution in [-0.2, 0) is 19.6 Å². The Morgan fingerprint density at radius 2 is 2.15 bits per heavy atom. The van der Waals surface area contributed by atoms with Crippen LogP contribution in [0, 0.1) is 5.82 Å². The second kappa shape index (κ2) is 6.62. The standard InChI is InChI=1S/C11H13FN2O4S2/c1-2-18-10(15)6-20(16,17)14-9-4-3-7(11(13)19)5-8(9)12/h3-5,14H,2,6H2,1H3,(H2,13,19). The molecule has 0 aliphatic carbocycles. The fourth-order valence-corrected chi connectivity index (χ4v) is 2.41. The van der Waals surface area contributed by atoms with Gasteiger partial charge in [0.25, 0.3) is 0 Å². The van der Waals surface area contributed by atoms with Gasteiger partial charge in [0.2, 0.25) is 10.0 Å². The fraction of sp³-hybridized carbons (Fsp3) is 0.273. The number of halogens is 1. The highest BCUT2D eigenvalue weighted by Crippen LogP contribution is 2.17. The molecule has 1 rings (SSSR count). The lowest BCUT2D eigenvalue weighted by molar-refractivity contribution is -0.139. The quantitative estimate of drug-likeness (QED) is 0.593. The number of sulfonamides is 1. The van der Waals surface area contributed by atoms with Gasteiger partial charge in [0, 0.05) is 5.56 Å². The summed E-state index contributed by atoms with van der Waals surface area (Å²) in [6.07, 6.45) is 0. The minimum atomic E-state index is -4.04. The number of carbonyl (C=O) groups is 1. The first-order valence-electron chi connectivity index (χ1n) is 5.50. The molecule has 9 heteroatoms. The number of ether oxygens (including phenoxy) is 1. The molecule has 0 spiro atoms. The molecule has 0 fully saturated rings. The molecular weight excluding hydrogens is 307 g/mol. The number of esters is 1. The molecule has 0 heterocycles. The lowest BCUT2D eigenvalue weighted by Crippen LogP contribution is -2.25. The molecule has 6 nitrogen and oxygen atoms in total. The number of nitrogens with two attached hydrogens (primary N) is 1. The smallest absolute Gasteiger partial charge is 0.323 e. The molecular formula is C11H13FN2O4S2. The molecule has 0 atom stereocenters. The minimum absolute atomic E-state index is 0.00942. The third-order valence-electron chi connectivity index (χ3n) is 2.13. The van der Waals surface area contributed by atoms with Crippen LogP contribution in [0.2, 0.25) is 0 Å². The Kier molecular flexibility index (Phi) is 5.40. The van der Waals surface area contributed by atoms with Gasteiger partial charge >= 0.3 is 5.97 Å². The summed E-state index contributed by atoms with van der Waals surface area (Å²) in [5.41, 5.74) is 5.30. The summed E-state index contributed by atoms with van der Waals surface area (Å²) in [5.74, 6) is -2.65. The van der Waals surface area contributed by atoms with Gasteiger partial charge in [-0.05, 0) is 25.1 Å². The van der Waals surface area contributed by atoms with E-state index in [1.165, 1.54) is 12.1 Å². The fourth-order valence-electron chi connectivity index (χ4n) is 1.31. The van der Waals surface area contributed by atoms with Gasteiger partial charge in [-0.3, -0.25) is 9.52 Å². The number of carbonyl (C=O) groups excluding carboxylic acids is 1. The Hall–Kier alpha value is -1.74. The van der Waals surface area contributed by atoms with Crippen molar-refractivity contribution in [2.45, 2.75) is 6.92 Å². The van der Waals surface area contributed by atoms with Crippen molar-refractivity contribution in [2.24, 2.45) is 5.73 Å². The highest BCUT2D eigenvalue weighted by atomic mass is 32.2. The van der Waals surface area contributed by atoms with E-state index in [1.54, 1.807) is 6.92 Å². The molecule has 0 radical (unpaired) electrons. The Morgan fingerprint density at radius 1 is 1.50 bits per heavy atom. The van der Waals surface area contributed by atoms with Crippen molar-refractivity contribution in [2.75, 3.05) is 17.1 Å². The number of rotatable bonds is 6. The normalized spacial score (nSPS) is 10.9. The second-order valence-corrected chi connectivity index (χ2v) is 5.89. The summed E-state index contributed by atoms with van der Waals surface area (Å²) in [6.45, 7) is 1.61. The number of thiocarbonyl (C=S) groups is 1. The number of nitrogens with one attached hydrogen (secondary N) is 1. The van der Waals surface area contributed by atoms with Crippen LogP contribution in [0.15, 0.2) is 18.2 Å². The van der Waals surface area contributed by atoms with E-state index in [0.717, 1.165) is 6.07 Å². The van der Waals surface area contributed by atoms with Crippen molar-refractivity contribution < 1.29 is 22.3 Å². The van der Waals surface area contributed by atoms with Gasteiger partial charge in [-0.1, -0.05) is 12.2 Å². The summed E-state index contributed by atoms with van der Waals surface area (Å²) >= 11 is 4.67. The van der Waals surface area contributed by atoms with Crippen LogP contribution in [0.1, 0.15) is 12.5 Å². The third-order valence-corrected chi connectivity index (χ3v) is 3.51. The Bertz CT molecular complexity index is 631. The van der Waals surface area contributed by atoms with Crippen molar-refractivity contribution in [3.05, 3.63) is 29.6 Å². The van der Waals surface area contributed by atoms with Crippen LogP contribution in [0.25, 0.3) is 0 Å². The van der Waals surface area contributed by atoms with E-state index in [9.17, 15) is 17.6 Å². The van der Waals surface area contributed by atoms with Crippen molar-refractivity contribution in [3.8, 4) is 0 Å². The van der Waals surface area contributed by atoms with Crippen LogP contribution in [-0.4, -0.2) is 31.7 Å².